The molecule has 6 heteroatoms. The van der Waals surface area contributed by atoms with E-state index in [-0.39, 0.29) is 11.9 Å². The molecule has 42 heavy (non-hydrogen) atoms. The maximum absolute atomic E-state index is 12.1. The van der Waals surface area contributed by atoms with E-state index in [1.807, 2.05) is 24.3 Å². The van der Waals surface area contributed by atoms with E-state index in [2.05, 4.69) is 74.5 Å². The van der Waals surface area contributed by atoms with E-state index < -0.39 is 0 Å². The first kappa shape index (κ1) is 31.5. The second-order valence-corrected chi connectivity index (χ2v) is 12.5. The van der Waals surface area contributed by atoms with Gasteiger partial charge >= 0.3 is 11.9 Å². The van der Waals surface area contributed by atoms with E-state index in [1.165, 1.54) is 22.7 Å². The zero-order chi connectivity index (χ0) is 29.6. The average molecular weight is 601 g/mol. The summed E-state index contributed by atoms with van der Waals surface area (Å²) in [6, 6.07) is 24.5. The van der Waals surface area contributed by atoms with Crippen molar-refractivity contribution in [2.24, 2.45) is 0 Å². The number of hydrogen-bond acceptors (Lipinski definition) is 6. The van der Waals surface area contributed by atoms with Gasteiger partial charge in [0.2, 0.25) is 0 Å². The Balaban J connectivity index is 1.26. The van der Waals surface area contributed by atoms with Crippen molar-refractivity contribution in [1.82, 2.24) is 0 Å². The molecule has 0 spiro atoms. The van der Waals surface area contributed by atoms with Crippen molar-refractivity contribution in [3.05, 3.63) is 83.9 Å². The lowest BCUT2D eigenvalue weighted by Gasteiger charge is -2.02. The van der Waals surface area contributed by atoms with Crippen LogP contribution in [0.1, 0.15) is 89.2 Å². The number of esters is 2. The Morgan fingerprint density at radius 2 is 0.952 bits per heavy atom. The van der Waals surface area contributed by atoms with Crippen LogP contribution in [0.4, 0.5) is 0 Å². The van der Waals surface area contributed by atoms with Crippen LogP contribution >= 0.6 is 22.7 Å². The van der Waals surface area contributed by atoms with Crippen LogP contribution in [0.3, 0.4) is 0 Å². The highest BCUT2D eigenvalue weighted by molar-refractivity contribution is 7.17. The average Bonchev–Trinajstić information content (AvgIpc) is 3.67. The van der Waals surface area contributed by atoms with Crippen LogP contribution in [-0.2, 0) is 9.59 Å². The summed E-state index contributed by atoms with van der Waals surface area (Å²) < 4.78 is 11.1. The summed E-state index contributed by atoms with van der Waals surface area (Å²) in [5, 5.41) is 1.30. The number of unbranched alkanes of at least 4 members (excludes halogenated alkanes) is 6. The van der Waals surface area contributed by atoms with Gasteiger partial charge in [0.25, 0.3) is 0 Å². The van der Waals surface area contributed by atoms with Crippen LogP contribution in [0.5, 0.6) is 10.1 Å². The first-order valence-corrected chi connectivity index (χ1v) is 16.7. The lowest BCUT2D eigenvalue weighted by Crippen LogP contribution is -2.06. The quantitative estimate of drug-likeness (QED) is 0.0729. The van der Waals surface area contributed by atoms with Crippen molar-refractivity contribution in [2.75, 3.05) is 0 Å². The summed E-state index contributed by atoms with van der Waals surface area (Å²) in [5.41, 5.74) is 4.42. The third kappa shape index (κ3) is 10.1. The first-order chi connectivity index (χ1) is 20.5. The molecule has 2 aromatic heterocycles. The topological polar surface area (TPSA) is 52.6 Å². The fourth-order valence-electron chi connectivity index (χ4n) is 4.49. The Morgan fingerprint density at radius 3 is 1.33 bits per heavy atom. The molecular weight excluding hydrogens is 561 g/mol. The van der Waals surface area contributed by atoms with Crippen molar-refractivity contribution in [2.45, 2.75) is 78.1 Å². The number of ether oxygens (including phenoxy) is 2. The Kier molecular flexibility index (Phi) is 12.6. The summed E-state index contributed by atoms with van der Waals surface area (Å²) in [7, 11) is 0. The van der Waals surface area contributed by atoms with Gasteiger partial charge in [-0.15, -0.1) is 0 Å². The molecule has 4 nitrogen and oxygen atoms in total. The lowest BCUT2D eigenvalue weighted by atomic mass is 10.1. The summed E-state index contributed by atoms with van der Waals surface area (Å²) in [4.78, 5) is 26.3. The molecule has 0 saturated carbocycles. The number of carbonyl (C=O) groups excluding carboxylic acids is 2. The molecule has 0 aliphatic heterocycles. The molecule has 0 amide bonds. The van der Waals surface area contributed by atoms with Crippen LogP contribution in [0.2, 0.25) is 0 Å². The molecule has 2 aromatic carbocycles. The molecule has 4 rings (SSSR count). The molecule has 0 unspecified atom stereocenters. The van der Waals surface area contributed by atoms with E-state index in [1.54, 1.807) is 0 Å². The highest BCUT2D eigenvalue weighted by Gasteiger charge is 2.10. The molecule has 220 valence electrons. The van der Waals surface area contributed by atoms with E-state index >= 15 is 0 Å². The van der Waals surface area contributed by atoms with Gasteiger partial charge in [-0.25, -0.2) is 0 Å². The second kappa shape index (κ2) is 16.8. The predicted octanol–water partition coefficient (Wildman–Crippen LogP) is 11.1. The summed E-state index contributed by atoms with van der Waals surface area (Å²) in [5.74, 6) is -0.302. The monoisotopic (exact) mass is 600 g/mol. The van der Waals surface area contributed by atoms with Gasteiger partial charge in [0.15, 0.2) is 10.1 Å². The van der Waals surface area contributed by atoms with Crippen molar-refractivity contribution in [3.8, 4) is 31.0 Å². The summed E-state index contributed by atoms with van der Waals surface area (Å²) in [6.45, 7) is 4.32. The number of thiophene rings is 2. The normalized spacial score (nSPS) is 11.2. The van der Waals surface area contributed by atoms with Gasteiger partial charge in [-0.05, 0) is 59.4 Å². The van der Waals surface area contributed by atoms with Crippen molar-refractivity contribution in [1.29, 1.82) is 0 Å². The molecule has 0 aliphatic rings. The van der Waals surface area contributed by atoms with Gasteiger partial charge in [0, 0.05) is 22.6 Å². The van der Waals surface area contributed by atoms with Gasteiger partial charge in [0.05, 0.1) is 0 Å². The molecule has 0 saturated heterocycles. The van der Waals surface area contributed by atoms with Crippen molar-refractivity contribution in [3.63, 3.8) is 0 Å². The number of carbonyl (C=O) groups is 2. The van der Waals surface area contributed by atoms with Crippen LogP contribution in [-0.4, -0.2) is 11.9 Å². The third-order valence-corrected chi connectivity index (χ3v) is 8.94. The Labute approximate surface area is 258 Å². The highest BCUT2D eigenvalue weighted by atomic mass is 32.1. The summed E-state index contributed by atoms with van der Waals surface area (Å²) >= 11 is 3.00. The lowest BCUT2D eigenvalue weighted by molar-refractivity contribution is -0.135. The van der Waals surface area contributed by atoms with E-state index in [0.29, 0.717) is 23.0 Å². The van der Waals surface area contributed by atoms with Gasteiger partial charge in [-0.3, -0.25) is 9.59 Å². The molecule has 0 aliphatic carbocycles. The minimum Gasteiger partial charge on any atom is -0.415 e. The molecule has 2 heterocycles. The van der Waals surface area contributed by atoms with Crippen molar-refractivity contribution >= 4 is 46.8 Å². The fourth-order valence-corrected chi connectivity index (χ4v) is 6.24. The molecule has 0 bridgehead atoms. The van der Waals surface area contributed by atoms with Crippen LogP contribution < -0.4 is 9.47 Å². The third-order valence-electron chi connectivity index (χ3n) is 6.92. The Morgan fingerprint density at radius 1 is 0.548 bits per heavy atom. The van der Waals surface area contributed by atoms with Gasteiger partial charge in [-0.2, -0.15) is 0 Å². The van der Waals surface area contributed by atoms with E-state index in [4.69, 9.17) is 9.47 Å². The molecule has 4 aromatic rings. The highest BCUT2D eigenvalue weighted by Crippen LogP contribution is 2.35. The Bertz CT molecular complexity index is 1320. The van der Waals surface area contributed by atoms with Crippen LogP contribution in [0.25, 0.3) is 33.0 Å². The second-order valence-electron chi connectivity index (χ2n) is 10.4. The van der Waals surface area contributed by atoms with Gasteiger partial charge in [0.1, 0.15) is 0 Å². The molecule has 0 fully saturated rings. The largest absolute Gasteiger partial charge is 0.415 e. The molecular formula is C36H40O4S2. The smallest absolute Gasteiger partial charge is 0.311 e. The van der Waals surface area contributed by atoms with E-state index in [0.717, 1.165) is 83.4 Å². The van der Waals surface area contributed by atoms with Gasteiger partial charge in [-0.1, -0.05) is 136 Å². The van der Waals surface area contributed by atoms with Crippen LogP contribution in [0.15, 0.2) is 72.8 Å². The fraction of sp³-hybridized carbons (Fsp3) is 0.333. The summed E-state index contributed by atoms with van der Waals surface area (Å²) in [6.07, 6.45) is 13.7. The molecule has 0 atom stereocenters. The van der Waals surface area contributed by atoms with Gasteiger partial charge < -0.3 is 9.47 Å². The zero-order valence-corrected chi connectivity index (χ0v) is 26.2. The molecule has 0 N–H and O–H groups in total. The molecule has 0 radical (unpaired) electrons. The van der Waals surface area contributed by atoms with E-state index in [9.17, 15) is 9.59 Å². The first-order valence-electron chi connectivity index (χ1n) is 15.0. The zero-order valence-electron chi connectivity index (χ0n) is 24.6. The maximum atomic E-state index is 12.1. The van der Waals surface area contributed by atoms with Crippen LogP contribution in [0, 0.1) is 0 Å². The minimum absolute atomic E-state index is 0.151. The Hall–Kier alpha value is -3.48. The van der Waals surface area contributed by atoms with Crippen molar-refractivity contribution < 1.29 is 19.1 Å². The SMILES string of the molecule is CCCCCCC(=O)Oc1ccc(-c2ccc(C=Cc3ccc(-c4ccc(OC(=O)CCCCCC)s4)cc3)cc2)s1. The number of benzene rings is 2. The maximum Gasteiger partial charge on any atom is 0.311 e. The number of hydrogen-bond donors (Lipinski definition) is 0. The standard InChI is InChI=1S/C36H40O4S2/c1-3-5-7-9-11-33(37)39-35-25-23-31(41-35)29-19-15-27(16-20-29)13-14-28-17-21-30(22-18-28)32-24-26-36(42-32)40-34(38)12-10-8-6-4-2/h13-26H,3-12H2,1-2H3. The number of rotatable bonds is 16. The predicted molar refractivity (Wildman–Crippen MR) is 177 cm³/mol. The minimum atomic E-state index is -0.151.